The van der Waals surface area contributed by atoms with Crippen LogP contribution in [0, 0.1) is 0 Å². The smallest absolute Gasteiger partial charge is 0.250 e. The van der Waals surface area contributed by atoms with Gasteiger partial charge in [-0.15, -0.1) is 5.10 Å². The molecule has 5 nitrogen and oxygen atoms in total. The van der Waals surface area contributed by atoms with Crippen molar-refractivity contribution in [2.45, 2.75) is 13.3 Å². The van der Waals surface area contributed by atoms with Crippen LogP contribution in [0.3, 0.4) is 0 Å². The Morgan fingerprint density at radius 3 is 2.92 bits per heavy atom. The Morgan fingerprint density at radius 2 is 2.46 bits per heavy atom. The molecular weight excluding hydrogens is 168 g/mol. The fourth-order valence-corrected chi connectivity index (χ4v) is 0.939. The molecule has 0 radical (unpaired) electrons. The molecule has 1 aromatic rings. The van der Waals surface area contributed by atoms with E-state index in [1.807, 2.05) is 6.92 Å². The van der Waals surface area contributed by atoms with Crippen molar-refractivity contribution in [3.63, 3.8) is 0 Å². The van der Waals surface area contributed by atoms with Crippen LogP contribution in [0.1, 0.15) is 12.7 Å². The van der Waals surface area contributed by atoms with Crippen LogP contribution in [0.2, 0.25) is 0 Å². The highest BCUT2D eigenvalue weighted by atomic mass is 16.1. The molecule has 1 aromatic heterocycles. The number of amides is 1. The van der Waals surface area contributed by atoms with Gasteiger partial charge in [0.15, 0.2) is 0 Å². The second kappa shape index (κ2) is 3.84. The van der Waals surface area contributed by atoms with Gasteiger partial charge in [0, 0.05) is 13.5 Å². The summed E-state index contributed by atoms with van der Waals surface area (Å²) in [5, 5.41) is 6.48. The largest absolute Gasteiger partial charge is 0.290 e. The first-order chi connectivity index (χ1) is 6.17. The third-order valence-electron chi connectivity index (χ3n) is 1.59. The van der Waals surface area contributed by atoms with Crippen LogP contribution in [0.4, 0.5) is 5.95 Å². The third kappa shape index (κ3) is 2.14. The van der Waals surface area contributed by atoms with Crippen molar-refractivity contribution in [3.8, 4) is 0 Å². The average molecular weight is 180 g/mol. The maximum atomic E-state index is 10.9. The van der Waals surface area contributed by atoms with Crippen LogP contribution in [-0.2, 0) is 18.3 Å². The van der Waals surface area contributed by atoms with E-state index in [1.54, 1.807) is 11.7 Å². The van der Waals surface area contributed by atoms with E-state index >= 15 is 0 Å². The Morgan fingerprint density at radius 1 is 1.77 bits per heavy atom. The standard InChI is InChI=1S/C8H12N4O/c1-4-6-9-8(11-12(6)3)10-7(13)5-2/h5H,2,4H2,1,3H3,(H,10,11,13). The fourth-order valence-electron chi connectivity index (χ4n) is 0.939. The summed E-state index contributed by atoms with van der Waals surface area (Å²) in [6.45, 7) is 5.31. The Balaban J connectivity index is 2.79. The van der Waals surface area contributed by atoms with E-state index in [4.69, 9.17) is 0 Å². The number of carbonyl (C=O) groups excluding carboxylic acids is 1. The van der Waals surface area contributed by atoms with E-state index in [1.165, 1.54) is 6.08 Å². The first kappa shape index (κ1) is 9.44. The van der Waals surface area contributed by atoms with Crippen molar-refractivity contribution in [2.24, 2.45) is 7.05 Å². The molecule has 0 aliphatic rings. The van der Waals surface area contributed by atoms with Gasteiger partial charge < -0.3 is 0 Å². The van der Waals surface area contributed by atoms with Gasteiger partial charge in [-0.25, -0.2) is 0 Å². The van der Waals surface area contributed by atoms with Gasteiger partial charge >= 0.3 is 0 Å². The van der Waals surface area contributed by atoms with E-state index in [-0.39, 0.29) is 5.91 Å². The van der Waals surface area contributed by atoms with Crippen molar-refractivity contribution in [1.82, 2.24) is 14.8 Å². The molecule has 0 aromatic carbocycles. The molecule has 1 amide bonds. The molecule has 0 atom stereocenters. The number of aryl methyl sites for hydroxylation is 2. The minimum atomic E-state index is -0.298. The molecule has 1 heterocycles. The summed E-state index contributed by atoms with van der Waals surface area (Å²) in [7, 11) is 1.79. The van der Waals surface area contributed by atoms with Crippen molar-refractivity contribution in [1.29, 1.82) is 0 Å². The molecule has 1 rings (SSSR count). The second-order valence-electron chi connectivity index (χ2n) is 2.52. The predicted octanol–water partition coefficient (Wildman–Crippen LogP) is 0.502. The average Bonchev–Trinajstić information content (AvgIpc) is 2.46. The molecule has 0 saturated heterocycles. The van der Waals surface area contributed by atoms with E-state index < -0.39 is 0 Å². The molecule has 5 heteroatoms. The lowest BCUT2D eigenvalue weighted by atomic mass is 10.5. The predicted molar refractivity (Wildman–Crippen MR) is 49.2 cm³/mol. The van der Waals surface area contributed by atoms with Crippen LogP contribution in [0.5, 0.6) is 0 Å². The minimum absolute atomic E-state index is 0.298. The van der Waals surface area contributed by atoms with Crippen molar-refractivity contribution < 1.29 is 4.79 Å². The van der Waals surface area contributed by atoms with Gasteiger partial charge in [0.1, 0.15) is 5.82 Å². The Hall–Kier alpha value is -1.65. The summed E-state index contributed by atoms with van der Waals surface area (Å²) in [4.78, 5) is 15.0. The van der Waals surface area contributed by atoms with Gasteiger partial charge in [-0.1, -0.05) is 13.5 Å². The van der Waals surface area contributed by atoms with Crippen molar-refractivity contribution in [2.75, 3.05) is 5.32 Å². The molecule has 0 aliphatic carbocycles. The summed E-state index contributed by atoms with van der Waals surface area (Å²) < 4.78 is 1.64. The summed E-state index contributed by atoms with van der Waals surface area (Å²) in [6, 6.07) is 0. The number of anilines is 1. The molecule has 0 unspecified atom stereocenters. The van der Waals surface area contributed by atoms with Gasteiger partial charge in [-0.2, -0.15) is 4.98 Å². The first-order valence-electron chi connectivity index (χ1n) is 4.00. The van der Waals surface area contributed by atoms with E-state index in [0.717, 1.165) is 12.2 Å². The number of nitrogens with one attached hydrogen (secondary N) is 1. The number of aromatic nitrogens is 3. The van der Waals surface area contributed by atoms with Gasteiger partial charge in [0.2, 0.25) is 11.9 Å². The van der Waals surface area contributed by atoms with Crippen LogP contribution in [-0.4, -0.2) is 20.7 Å². The molecular formula is C8H12N4O. The van der Waals surface area contributed by atoms with Gasteiger partial charge in [-0.05, 0) is 6.08 Å². The summed E-state index contributed by atoms with van der Waals surface area (Å²) in [5.74, 6) is 0.858. The summed E-state index contributed by atoms with van der Waals surface area (Å²) in [6.07, 6.45) is 1.97. The molecule has 0 fully saturated rings. The summed E-state index contributed by atoms with van der Waals surface area (Å²) in [5.41, 5.74) is 0. The molecule has 70 valence electrons. The van der Waals surface area contributed by atoms with Gasteiger partial charge in [0.25, 0.3) is 0 Å². The highest BCUT2D eigenvalue weighted by molar-refractivity contribution is 5.97. The molecule has 13 heavy (non-hydrogen) atoms. The monoisotopic (exact) mass is 180 g/mol. The lowest BCUT2D eigenvalue weighted by Gasteiger charge is -1.91. The number of carbonyl (C=O) groups is 1. The van der Waals surface area contributed by atoms with E-state index in [0.29, 0.717) is 5.95 Å². The van der Waals surface area contributed by atoms with Crippen LogP contribution in [0.25, 0.3) is 0 Å². The van der Waals surface area contributed by atoms with Crippen molar-refractivity contribution in [3.05, 3.63) is 18.5 Å². The van der Waals surface area contributed by atoms with Crippen LogP contribution >= 0.6 is 0 Å². The number of hydrogen-bond donors (Lipinski definition) is 1. The zero-order chi connectivity index (χ0) is 9.84. The molecule has 1 N–H and O–H groups in total. The maximum Gasteiger partial charge on any atom is 0.250 e. The normalized spacial score (nSPS) is 9.69. The zero-order valence-electron chi connectivity index (χ0n) is 7.74. The Kier molecular flexibility index (Phi) is 2.79. The fraction of sp³-hybridized carbons (Fsp3) is 0.375. The lowest BCUT2D eigenvalue weighted by molar-refractivity contribution is -0.111. The topological polar surface area (TPSA) is 59.8 Å². The lowest BCUT2D eigenvalue weighted by Crippen LogP contribution is -2.08. The van der Waals surface area contributed by atoms with Crippen LogP contribution in [0.15, 0.2) is 12.7 Å². The molecule has 0 spiro atoms. The highest BCUT2D eigenvalue weighted by Crippen LogP contribution is 2.01. The SMILES string of the molecule is C=CC(=O)Nc1nc(CC)n(C)n1. The van der Waals surface area contributed by atoms with Gasteiger partial charge in [0.05, 0.1) is 0 Å². The molecule has 0 saturated carbocycles. The van der Waals surface area contributed by atoms with E-state index in [9.17, 15) is 4.79 Å². The molecule has 0 bridgehead atoms. The quantitative estimate of drug-likeness (QED) is 0.689. The maximum absolute atomic E-state index is 10.9. The summed E-state index contributed by atoms with van der Waals surface area (Å²) >= 11 is 0. The number of hydrogen-bond acceptors (Lipinski definition) is 3. The second-order valence-corrected chi connectivity index (χ2v) is 2.52. The first-order valence-corrected chi connectivity index (χ1v) is 4.00. The number of nitrogens with zero attached hydrogens (tertiary/aromatic N) is 3. The van der Waals surface area contributed by atoms with Crippen LogP contribution < -0.4 is 5.32 Å². The number of rotatable bonds is 3. The van der Waals surface area contributed by atoms with E-state index in [2.05, 4.69) is 22.0 Å². The molecule has 0 aliphatic heterocycles. The highest BCUT2D eigenvalue weighted by Gasteiger charge is 2.05. The Bertz CT molecular complexity index is 329. The third-order valence-corrected chi connectivity index (χ3v) is 1.59. The van der Waals surface area contributed by atoms with Gasteiger partial charge in [-0.3, -0.25) is 14.8 Å². The van der Waals surface area contributed by atoms with Crippen molar-refractivity contribution >= 4 is 11.9 Å². The Labute approximate surface area is 76.5 Å². The minimum Gasteiger partial charge on any atom is -0.290 e. The zero-order valence-corrected chi connectivity index (χ0v) is 7.74.